The molecule has 5 heteroatoms. The van der Waals surface area contributed by atoms with Crippen molar-refractivity contribution < 1.29 is 9.90 Å². The van der Waals surface area contributed by atoms with E-state index in [2.05, 4.69) is 21.2 Å². The lowest BCUT2D eigenvalue weighted by Crippen LogP contribution is -2.13. The smallest absolute Gasteiger partial charge is 0.266 e. The first-order valence-electron chi connectivity index (χ1n) is 6.48. The molecule has 2 rings (SSSR count). The van der Waals surface area contributed by atoms with Crippen LogP contribution in [0.2, 0.25) is 0 Å². The van der Waals surface area contributed by atoms with Crippen molar-refractivity contribution in [1.82, 2.24) is 0 Å². The summed E-state index contributed by atoms with van der Waals surface area (Å²) in [7, 11) is 0. The Bertz CT molecular complexity index is 774. The van der Waals surface area contributed by atoms with Crippen LogP contribution in [0.15, 0.2) is 52.5 Å². The van der Waals surface area contributed by atoms with Gasteiger partial charge in [-0.3, -0.25) is 4.79 Å². The van der Waals surface area contributed by atoms with Crippen LogP contribution >= 0.6 is 15.9 Å². The third-order valence-corrected chi connectivity index (χ3v) is 3.59. The molecule has 0 aliphatic heterocycles. The van der Waals surface area contributed by atoms with Gasteiger partial charge in [0.25, 0.3) is 5.91 Å². The van der Waals surface area contributed by atoms with Crippen molar-refractivity contribution in [2.24, 2.45) is 0 Å². The molecule has 0 unspecified atom stereocenters. The number of rotatable bonds is 3. The Kier molecular flexibility index (Phi) is 4.97. The van der Waals surface area contributed by atoms with Gasteiger partial charge in [0, 0.05) is 5.69 Å². The number of amides is 1. The van der Waals surface area contributed by atoms with E-state index in [0.717, 1.165) is 5.56 Å². The van der Waals surface area contributed by atoms with Gasteiger partial charge in [0.15, 0.2) is 0 Å². The van der Waals surface area contributed by atoms with Gasteiger partial charge in [-0.15, -0.1) is 0 Å². The van der Waals surface area contributed by atoms with E-state index in [-0.39, 0.29) is 11.3 Å². The fraction of sp³-hybridized carbons (Fsp3) is 0.0588. The molecule has 2 aromatic carbocycles. The van der Waals surface area contributed by atoms with E-state index in [1.165, 1.54) is 12.1 Å². The quantitative estimate of drug-likeness (QED) is 0.644. The lowest BCUT2D eigenvalue weighted by molar-refractivity contribution is -0.112. The summed E-state index contributed by atoms with van der Waals surface area (Å²) in [5.41, 5.74) is 2.34. The summed E-state index contributed by atoms with van der Waals surface area (Å²) in [6.45, 7) is 1.95. The monoisotopic (exact) mass is 356 g/mol. The van der Waals surface area contributed by atoms with Gasteiger partial charge in [0.05, 0.1) is 4.47 Å². The van der Waals surface area contributed by atoms with Crippen molar-refractivity contribution in [3.63, 3.8) is 0 Å². The zero-order chi connectivity index (χ0) is 16.1. The summed E-state index contributed by atoms with van der Waals surface area (Å²) in [6, 6.07) is 13.9. The Balaban J connectivity index is 2.21. The topological polar surface area (TPSA) is 73.1 Å². The minimum Gasteiger partial charge on any atom is -0.507 e. The number of anilines is 1. The van der Waals surface area contributed by atoms with Crippen LogP contribution in [0.3, 0.4) is 0 Å². The molecule has 2 aromatic rings. The van der Waals surface area contributed by atoms with E-state index in [4.69, 9.17) is 5.26 Å². The first kappa shape index (κ1) is 15.8. The molecular formula is C17H13BrN2O2. The normalized spacial score (nSPS) is 10.9. The molecule has 2 N–H and O–H groups in total. The van der Waals surface area contributed by atoms with E-state index in [0.29, 0.717) is 15.7 Å². The average Bonchev–Trinajstić information content (AvgIpc) is 2.50. The maximum atomic E-state index is 12.1. The molecule has 0 spiro atoms. The highest BCUT2D eigenvalue weighted by Gasteiger charge is 2.10. The minimum atomic E-state index is -0.476. The molecule has 0 atom stereocenters. The zero-order valence-electron chi connectivity index (χ0n) is 11.8. The van der Waals surface area contributed by atoms with Crippen LogP contribution in [0.4, 0.5) is 5.69 Å². The van der Waals surface area contributed by atoms with Crippen LogP contribution in [-0.4, -0.2) is 11.0 Å². The first-order chi connectivity index (χ1) is 10.5. The second-order valence-corrected chi connectivity index (χ2v) is 5.56. The highest BCUT2D eigenvalue weighted by atomic mass is 79.9. The van der Waals surface area contributed by atoms with Gasteiger partial charge in [-0.1, -0.05) is 23.8 Å². The maximum Gasteiger partial charge on any atom is 0.266 e. The molecule has 0 aliphatic carbocycles. The van der Waals surface area contributed by atoms with Gasteiger partial charge in [0.1, 0.15) is 17.4 Å². The summed E-state index contributed by atoms with van der Waals surface area (Å²) >= 11 is 3.19. The second-order valence-electron chi connectivity index (χ2n) is 4.70. The molecule has 0 saturated carbocycles. The number of halogens is 1. The summed E-state index contributed by atoms with van der Waals surface area (Å²) in [4.78, 5) is 12.1. The van der Waals surface area contributed by atoms with Crippen molar-refractivity contribution in [3.8, 4) is 11.8 Å². The van der Waals surface area contributed by atoms with Crippen molar-refractivity contribution in [1.29, 1.82) is 5.26 Å². The standard InChI is InChI=1S/C17H13BrN2O2/c1-11-2-5-14(6-3-11)20-17(22)13(10-19)8-12-4-7-16(21)15(18)9-12/h2-9,21H,1H3,(H,20,22)/b13-8+. The highest BCUT2D eigenvalue weighted by Crippen LogP contribution is 2.25. The zero-order valence-corrected chi connectivity index (χ0v) is 13.4. The number of nitrogens with one attached hydrogen (secondary N) is 1. The molecule has 0 saturated heterocycles. The SMILES string of the molecule is Cc1ccc(NC(=O)/C(C#N)=C/c2ccc(O)c(Br)c2)cc1. The summed E-state index contributed by atoms with van der Waals surface area (Å²) in [5, 5.41) is 21.3. The molecule has 0 fully saturated rings. The second kappa shape index (κ2) is 6.92. The van der Waals surface area contributed by atoms with Crippen molar-refractivity contribution in [3.05, 3.63) is 63.6 Å². The molecule has 0 bridgehead atoms. The van der Waals surface area contributed by atoms with Gasteiger partial charge in [-0.25, -0.2) is 0 Å². The van der Waals surface area contributed by atoms with E-state index >= 15 is 0 Å². The Labute approximate surface area is 136 Å². The first-order valence-corrected chi connectivity index (χ1v) is 7.27. The molecule has 0 aromatic heterocycles. The number of benzene rings is 2. The predicted molar refractivity (Wildman–Crippen MR) is 89.2 cm³/mol. The van der Waals surface area contributed by atoms with Gasteiger partial charge in [0.2, 0.25) is 0 Å². The minimum absolute atomic E-state index is 0.0156. The van der Waals surface area contributed by atoms with E-state index in [1.54, 1.807) is 24.3 Å². The number of aromatic hydroxyl groups is 1. The molecule has 4 nitrogen and oxygen atoms in total. The van der Waals surface area contributed by atoms with Crippen LogP contribution in [0, 0.1) is 18.3 Å². The number of carbonyl (C=O) groups is 1. The average molecular weight is 357 g/mol. The lowest BCUT2D eigenvalue weighted by Gasteiger charge is -2.05. The number of phenols is 1. The van der Waals surface area contributed by atoms with Crippen LogP contribution in [0.25, 0.3) is 6.08 Å². The van der Waals surface area contributed by atoms with Gasteiger partial charge < -0.3 is 10.4 Å². The maximum absolute atomic E-state index is 12.1. The number of nitriles is 1. The molecule has 0 heterocycles. The predicted octanol–water partition coefficient (Wildman–Crippen LogP) is 4.01. The van der Waals surface area contributed by atoms with Gasteiger partial charge in [-0.2, -0.15) is 5.26 Å². The van der Waals surface area contributed by atoms with E-state index in [1.807, 2.05) is 25.1 Å². The van der Waals surface area contributed by atoms with Crippen molar-refractivity contribution >= 4 is 33.6 Å². The molecular weight excluding hydrogens is 344 g/mol. The Morgan fingerprint density at radius 3 is 2.55 bits per heavy atom. The number of hydrogen-bond acceptors (Lipinski definition) is 3. The number of nitrogens with zero attached hydrogens (tertiary/aromatic N) is 1. The molecule has 0 aliphatic rings. The highest BCUT2D eigenvalue weighted by molar-refractivity contribution is 9.10. The number of carbonyl (C=O) groups excluding carboxylic acids is 1. The van der Waals surface area contributed by atoms with Crippen LogP contribution in [0.5, 0.6) is 5.75 Å². The fourth-order valence-corrected chi connectivity index (χ4v) is 2.16. The van der Waals surface area contributed by atoms with Crippen LogP contribution in [0.1, 0.15) is 11.1 Å². The number of hydrogen-bond donors (Lipinski definition) is 2. The molecule has 1 amide bonds. The third-order valence-electron chi connectivity index (χ3n) is 2.96. The number of phenolic OH excluding ortho intramolecular Hbond substituents is 1. The summed E-state index contributed by atoms with van der Waals surface area (Å²) < 4.78 is 0.498. The van der Waals surface area contributed by atoms with Crippen LogP contribution in [-0.2, 0) is 4.79 Å². The van der Waals surface area contributed by atoms with Crippen molar-refractivity contribution in [2.45, 2.75) is 6.92 Å². The van der Waals surface area contributed by atoms with Crippen LogP contribution < -0.4 is 5.32 Å². The van der Waals surface area contributed by atoms with Crippen molar-refractivity contribution in [2.75, 3.05) is 5.32 Å². The largest absolute Gasteiger partial charge is 0.507 e. The van der Waals surface area contributed by atoms with Gasteiger partial charge in [-0.05, 0) is 58.8 Å². The third kappa shape index (κ3) is 3.96. The lowest BCUT2D eigenvalue weighted by atomic mass is 10.1. The number of aryl methyl sites for hydroxylation is 1. The van der Waals surface area contributed by atoms with Gasteiger partial charge >= 0.3 is 0 Å². The van der Waals surface area contributed by atoms with E-state index in [9.17, 15) is 9.90 Å². The summed E-state index contributed by atoms with van der Waals surface area (Å²) in [5.74, 6) is -0.379. The molecule has 22 heavy (non-hydrogen) atoms. The van der Waals surface area contributed by atoms with E-state index < -0.39 is 5.91 Å². The Morgan fingerprint density at radius 1 is 1.27 bits per heavy atom. The fourth-order valence-electron chi connectivity index (χ4n) is 1.76. The molecule has 110 valence electrons. The summed E-state index contributed by atoms with van der Waals surface area (Å²) in [6.07, 6.45) is 1.47. The molecule has 0 radical (unpaired) electrons. The Hall–Kier alpha value is -2.58. The Morgan fingerprint density at radius 2 is 1.95 bits per heavy atom.